The molecule has 226 valence electrons. The number of benzene rings is 3. The van der Waals surface area contributed by atoms with E-state index >= 15 is 0 Å². The third kappa shape index (κ3) is 6.73. The lowest BCUT2D eigenvalue weighted by atomic mass is 10.1. The zero-order valence-corrected chi connectivity index (χ0v) is 23.2. The summed E-state index contributed by atoms with van der Waals surface area (Å²) in [6, 6.07) is 11.8. The smallest absolute Gasteiger partial charge is 0.311 e. The molecular weight excluding hydrogens is 580 g/mol. The van der Waals surface area contributed by atoms with Gasteiger partial charge >= 0.3 is 5.97 Å². The molecule has 0 unspecified atom stereocenters. The van der Waals surface area contributed by atoms with E-state index < -0.39 is 49.6 Å². The Kier molecular flexibility index (Phi) is 9.38. The molecule has 1 aliphatic rings. The predicted octanol–water partition coefficient (Wildman–Crippen LogP) is 5.35. The van der Waals surface area contributed by atoms with Gasteiger partial charge in [-0.05, 0) is 48.7 Å². The number of hydrogen-bond donors (Lipinski definition) is 0. The quantitative estimate of drug-likeness (QED) is 0.0462. The first kappa shape index (κ1) is 31.0. The van der Waals surface area contributed by atoms with Gasteiger partial charge in [-0.3, -0.25) is 49.6 Å². The van der Waals surface area contributed by atoms with E-state index in [9.17, 15) is 44.7 Å². The number of methoxy groups -OCH3 is 1. The maximum absolute atomic E-state index is 12.6. The summed E-state index contributed by atoms with van der Waals surface area (Å²) in [5.74, 6) is -1.50. The average molecular weight is 605 g/mol. The average Bonchev–Trinajstić information content (AvgIpc) is 3.24. The van der Waals surface area contributed by atoms with Crippen molar-refractivity contribution in [1.29, 1.82) is 0 Å². The largest absolute Gasteiger partial charge is 0.493 e. The SMILES string of the molecule is COc1cc(/C=C/c2ccc([N+](=O)[O-])cc2[N+](=O)[O-])ccc1OC(=O)CCCCCN1C(=O)c2cccc([N+](=O)[O-])c2C1=O. The Morgan fingerprint density at radius 1 is 0.818 bits per heavy atom. The fraction of sp³-hybridized carbons (Fsp3) is 0.207. The first-order valence-corrected chi connectivity index (χ1v) is 13.1. The summed E-state index contributed by atoms with van der Waals surface area (Å²) in [6.45, 7) is 0.0460. The van der Waals surface area contributed by atoms with E-state index in [2.05, 4.69) is 0 Å². The number of ether oxygens (including phenoxy) is 2. The summed E-state index contributed by atoms with van der Waals surface area (Å²) in [6.07, 6.45) is 4.23. The Bertz CT molecular complexity index is 1720. The van der Waals surface area contributed by atoms with Gasteiger partial charge in [0.2, 0.25) is 0 Å². The van der Waals surface area contributed by atoms with Gasteiger partial charge in [0.25, 0.3) is 28.9 Å². The molecule has 0 saturated carbocycles. The number of esters is 1. The van der Waals surface area contributed by atoms with Crippen LogP contribution in [0.3, 0.4) is 0 Å². The summed E-state index contributed by atoms with van der Waals surface area (Å²) < 4.78 is 10.7. The molecule has 3 aromatic rings. The van der Waals surface area contributed by atoms with Crippen LogP contribution in [0.4, 0.5) is 17.1 Å². The first-order valence-electron chi connectivity index (χ1n) is 13.1. The summed E-state index contributed by atoms with van der Waals surface area (Å²) in [7, 11) is 1.37. The third-order valence-corrected chi connectivity index (χ3v) is 6.72. The van der Waals surface area contributed by atoms with Crippen LogP contribution in [0.5, 0.6) is 11.5 Å². The second-order valence-electron chi connectivity index (χ2n) is 9.50. The molecule has 0 aromatic heterocycles. The normalized spacial score (nSPS) is 12.3. The first-order chi connectivity index (χ1) is 21.0. The molecule has 15 nitrogen and oxygen atoms in total. The van der Waals surface area contributed by atoms with Crippen molar-refractivity contribution in [2.75, 3.05) is 13.7 Å². The van der Waals surface area contributed by atoms with E-state index in [0.29, 0.717) is 24.8 Å². The Morgan fingerprint density at radius 3 is 2.25 bits per heavy atom. The number of nitrogens with zero attached hydrogens (tertiary/aromatic N) is 4. The monoisotopic (exact) mass is 604 g/mol. The zero-order chi connectivity index (χ0) is 32.0. The highest BCUT2D eigenvalue weighted by Crippen LogP contribution is 2.32. The van der Waals surface area contributed by atoms with Crippen molar-refractivity contribution in [3.8, 4) is 11.5 Å². The molecule has 44 heavy (non-hydrogen) atoms. The molecule has 0 radical (unpaired) electrons. The number of imide groups is 1. The number of unbranched alkanes of at least 4 members (excludes halogenated alkanes) is 2. The standard InChI is InChI=1S/C29H24N4O11/c1-43-25-16-18(9-11-19-12-13-20(31(37)38)17-23(19)33(41)42)10-14-24(25)44-26(34)8-3-2-4-15-30-28(35)21-6-5-7-22(32(39)40)27(21)29(30)36/h5-7,9-14,16-17H,2-4,8,15H2,1H3/b11-9+. The summed E-state index contributed by atoms with van der Waals surface area (Å²) in [4.78, 5) is 70.0. The van der Waals surface area contributed by atoms with Crippen molar-refractivity contribution in [3.05, 3.63) is 107 Å². The van der Waals surface area contributed by atoms with E-state index in [-0.39, 0.29) is 41.2 Å². The van der Waals surface area contributed by atoms with Gasteiger partial charge in [0.1, 0.15) is 5.56 Å². The van der Waals surface area contributed by atoms with Crippen LogP contribution in [0, 0.1) is 30.3 Å². The van der Waals surface area contributed by atoms with Crippen molar-refractivity contribution in [3.63, 3.8) is 0 Å². The maximum atomic E-state index is 12.6. The number of hydrogen-bond acceptors (Lipinski definition) is 11. The van der Waals surface area contributed by atoms with Crippen LogP contribution in [0.1, 0.15) is 57.5 Å². The van der Waals surface area contributed by atoms with Gasteiger partial charge in [-0.15, -0.1) is 0 Å². The molecule has 0 aliphatic carbocycles. The molecule has 1 aliphatic heterocycles. The molecule has 15 heteroatoms. The van der Waals surface area contributed by atoms with E-state index in [1.54, 1.807) is 12.1 Å². The minimum atomic E-state index is -0.722. The Morgan fingerprint density at radius 2 is 1.57 bits per heavy atom. The van der Waals surface area contributed by atoms with Crippen LogP contribution in [0.25, 0.3) is 12.2 Å². The maximum Gasteiger partial charge on any atom is 0.311 e. The molecule has 0 N–H and O–H groups in total. The Balaban J connectivity index is 1.30. The number of non-ortho nitro benzene ring substituents is 1. The minimum absolute atomic E-state index is 0.00380. The second kappa shape index (κ2) is 13.3. The molecule has 1 heterocycles. The van der Waals surface area contributed by atoms with Crippen LogP contribution < -0.4 is 9.47 Å². The lowest BCUT2D eigenvalue weighted by molar-refractivity contribution is -0.394. The second-order valence-corrected chi connectivity index (χ2v) is 9.50. The van der Waals surface area contributed by atoms with Gasteiger partial charge < -0.3 is 9.47 Å². The van der Waals surface area contributed by atoms with Gasteiger partial charge in [-0.2, -0.15) is 0 Å². The summed E-state index contributed by atoms with van der Waals surface area (Å²) in [5.41, 5.74) is -0.769. The highest BCUT2D eigenvalue weighted by molar-refractivity contribution is 6.23. The van der Waals surface area contributed by atoms with E-state index in [0.717, 1.165) is 17.0 Å². The predicted molar refractivity (Wildman–Crippen MR) is 154 cm³/mol. The molecule has 0 spiro atoms. The number of nitro benzene ring substituents is 3. The van der Waals surface area contributed by atoms with Crippen molar-refractivity contribution in [2.24, 2.45) is 0 Å². The van der Waals surface area contributed by atoms with Crippen molar-refractivity contribution in [1.82, 2.24) is 4.90 Å². The molecule has 4 rings (SSSR count). The van der Waals surface area contributed by atoms with Crippen molar-refractivity contribution < 1.29 is 38.6 Å². The van der Waals surface area contributed by atoms with Gasteiger partial charge in [-0.1, -0.05) is 24.6 Å². The number of fused-ring (bicyclic) bond motifs is 1. The number of nitro groups is 3. The molecule has 0 bridgehead atoms. The Labute approximate surface area is 248 Å². The van der Waals surface area contributed by atoms with E-state index in [1.807, 2.05) is 0 Å². The molecule has 0 saturated heterocycles. The fourth-order valence-corrected chi connectivity index (χ4v) is 4.56. The number of amides is 2. The summed E-state index contributed by atoms with van der Waals surface area (Å²) >= 11 is 0. The molecule has 3 aromatic carbocycles. The molecule has 0 atom stereocenters. The fourth-order valence-electron chi connectivity index (χ4n) is 4.56. The lowest BCUT2D eigenvalue weighted by Gasteiger charge is -2.13. The van der Waals surface area contributed by atoms with Crippen LogP contribution in [-0.4, -0.2) is 51.1 Å². The highest BCUT2D eigenvalue weighted by atomic mass is 16.6. The van der Waals surface area contributed by atoms with Crippen LogP contribution in [-0.2, 0) is 4.79 Å². The van der Waals surface area contributed by atoms with Crippen molar-refractivity contribution in [2.45, 2.75) is 25.7 Å². The zero-order valence-electron chi connectivity index (χ0n) is 23.2. The van der Waals surface area contributed by atoms with Gasteiger partial charge in [0.05, 0.1) is 39.1 Å². The molecule has 2 amide bonds. The van der Waals surface area contributed by atoms with Gasteiger partial charge in [0, 0.05) is 25.1 Å². The van der Waals surface area contributed by atoms with Crippen LogP contribution >= 0.6 is 0 Å². The minimum Gasteiger partial charge on any atom is -0.493 e. The molecular formula is C29H24N4O11. The number of rotatable bonds is 13. The van der Waals surface area contributed by atoms with Crippen LogP contribution in [0.15, 0.2) is 54.6 Å². The topological polar surface area (TPSA) is 202 Å². The van der Waals surface area contributed by atoms with Gasteiger partial charge in [-0.25, -0.2) is 0 Å². The Hall–Kier alpha value is -5.99. The highest BCUT2D eigenvalue weighted by Gasteiger charge is 2.40. The van der Waals surface area contributed by atoms with Gasteiger partial charge in [0.15, 0.2) is 11.5 Å². The number of carbonyl (C=O) groups excluding carboxylic acids is 3. The summed E-state index contributed by atoms with van der Waals surface area (Å²) in [5, 5.41) is 33.5. The molecule has 0 fully saturated rings. The van der Waals surface area contributed by atoms with Crippen molar-refractivity contribution >= 4 is 47.0 Å². The third-order valence-electron chi connectivity index (χ3n) is 6.72. The van der Waals surface area contributed by atoms with Crippen LogP contribution in [0.2, 0.25) is 0 Å². The van der Waals surface area contributed by atoms with E-state index in [1.165, 1.54) is 49.6 Å². The van der Waals surface area contributed by atoms with E-state index in [4.69, 9.17) is 9.47 Å². The lowest BCUT2D eigenvalue weighted by Crippen LogP contribution is -2.30. The number of carbonyl (C=O) groups is 3.